The van der Waals surface area contributed by atoms with Gasteiger partial charge < -0.3 is 20.4 Å². The molecule has 3 unspecified atom stereocenters. The molecule has 1 aromatic heterocycles. The molecule has 0 fully saturated rings. The number of hydrogen-bond acceptors (Lipinski definition) is 6. The highest BCUT2D eigenvalue weighted by atomic mass is 32.2. The van der Waals surface area contributed by atoms with Gasteiger partial charge in [0.2, 0.25) is 10.0 Å². The van der Waals surface area contributed by atoms with Crippen LogP contribution < -0.4 is 10.6 Å². The number of nitrogens with zero attached hydrogens (tertiary/aromatic N) is 2. The molecule has 2 aromatic rings. The third kappa shape index (κ3) is 6.87. The number of hydrogen-bond donors (Lipinski definition) is 3. The van der Waals surface area contributed by atoms with E-state index < -0.39 is 28.3 Å². The number of carboxylic acid groups (broad SMARTS) is 1. The fraction of sp³-hybridized carbons (Fsp3) is 0.480. The summed E-state index contributed by atoms with van der Waals surface area (Å²) < 4.78 is 33.3. The Morgan fingerprint density at radius 2 is 1.91 bits per heavy atom. The maximum absolute atomic E-state index is 13.5. The van der Waals surface area contributed by atoms with E-state index in [1.807, 2.05) is 13.8 Å². The Kier molecular flexibility index (Phi) is 8.98. The van der Waals surface area contributed by atoms with Crippen molar-refractivity contribution in [1.82, 2.24) is 4.31 Å². The van der Waals surface area contributed by atoms with Crippen LogP contribution in [0, 0.1) is 11.8 Å². The summed E-state index contributed by atoms with van der Waals surface area (Å²) in [6.45, 7) is 3.68. The number of sulfonamides is 1. The molecule has 0 aliphatic heterocycles. The van der Waals surface area contributed by atoms with Crippen LogP contribution in [0.2, 0.25) is 0 Å². The minimum Gasteiger partial charge on any atom is -0.470 e. The molecule has 3 atom stereocenters. The summed E-state index contributed by atoms with van der Waals surface area (Å²) in [6.07, 6.45) is 7.44. The summed E-state index contributed by atoms with van der Waals surface area (Å²) in [5.74, 6) is 0.0549. The van der Waals surface area contributed by atoms with Crippen LogP contribution in [0.4, 0.5) is 16.2 Å². The van der Waals surface area contributed by atoms with Crippen molar-refractivity contribution in [1.29, 1.82) is 0 Å². The molecule has 1 amide bonds. The molecule has 1 aliphatic rings. The Morgan fingerprint density at radius 1 is 1.20 bits per heavy atom. The van der Waals surface area contributed by atoms with Crippen LogP contribution in [0.25, 0.3) is 0 Å². The Bertz CT molecular complexity index is 1080. The van der Waals surface area contributed by atoms with E-state index in [0.29, 0.717) is 12.1 Å². The number of nitrogens with two attached hydrogens (primary N) is 1. The van der Waals surface area contributed by atoms with Gasteiger partial charge in [0.05, 0.1) is 29.0 Å². The van der Waals surface area contributed by atoms with Gasteiger partial charge in [-0.05, 0) is 61.8 Å². The maximum atomic E-state index is 13.5. The monoisotopic (exact) mass is 505 g/mol. The summed E-state index contributed by atoms with van der Waals surface area (Å²) in [5.41, 5.74) is 6.45. The first-order valence-electron chi connectivity index (χ1n) is 11.8. The van der Waals surface area contributed by atoms with Crippen molar-refractivity contribution < 1.29 is 27.8 Å². The molecule has 192 valence electrons. The Balaban J connectivity index is 1.94. The molecule has 0 saturated heterocycles. The topological polar surface area (TPSA) is 137 Å². The number of allylic oxidation sites excluding steroid dienone is 2. The molecule has 1 aliphatic carbocycles. The molecule has 0 bridgehead atoms. The largest absolute Gasteiger partial charge is 0.470 e. The second-order valence-electron chi connectivity index (χ2n) is 9.41. The molecule has 0 spiro atoms. The minimum absolute atomic E-state index is 0.0186. The molecule has 0 saturated carbocycles. The van der Waals surface area contributed by atoms with Crippen LogP contribution in [0.3, 0.4) is 0 Å². The zero-order valence-corrected chi connectivity index (χ0v) is 21.0. The number of furan rings is 1. The Morgan fingerprint density at radius 3 is 2.46 bits per heavy atom. The number of aliphatic hydroxyl groups is 1. The lowest BCUT2D eigenvalue weighted by Gasteiger charge is -2.36. The molecule has 10 heteroatoms. The SMILES string of the molecule is CC(C)CN(CC(O)C(CC1C=CCCC1)N(C(=O)O)c1ccoc1)S(=O)(=O)c1ccc(N)cc1. The fourth-order valence-corrected chi connectivity index (χ4v) is 6.08. The van der Waals surface area contributed by atoms with Gasteiger partial charge >= 0.3 is 6.09 Å². The summed E-state index contributed by atoms with van der Waals surface area (Å²) in [5, 5.41) is 21.5. The average Bonchev–Trinajstić information content (AvgIpc) is 3.33. The number of amides is 1. The van der Waals surface area contributed by atoms with Gasteiger partial charge in [0, 0.05) is 24.8 Å². The predicted octanol–water partition coefficient (Wildman–Crippen LogP) is 4.17. The van der Waals surface area contributed by atoms with E-state index >= 15 is 0 Å². The van der Waals surface area contributed by atoms with Crippen LogP contribution in [-0.4, -0.2) is 54.3 Å². The molecule has 1 aromatic carbocycles. The molecule has 3 rings (SSSR count). The lowest BCUT2D eigenvalue weighted by Crippen LogP contribution is -2.52. The molecule has 9 nitrogen and oxygen atoms in total. The van der Waals surface area contributed by atoms with Gasteiger partial charge in [-0.3, -0.25) is 4.90 Å². The summed E-state index contributed by atoms with van der Waals surface area (Å²) in [4.78, 5) is 13.5. The van der Waals surface area contributed by atoms with Crippen molar-refractivity contribution in [3.05, 3.63) is 55.0 Å². The average molecular weight is 506 g/mol. The molecular weight excluding hydrogens is 470 g/mol. The van der Waals surface area contributed by atoms with E-state index in [9.17, 15) is 23.4 Å². The number of anilines is 2. The first-order valence-corrected chi connectivity index (χ1v) is 13.3. The number of rotatable bonds is 11. The molecule has 35 heavy (non-hydrogen) atoms. The van der Waals surface area contributed by atoms with Gasteiger partial charge in [-0.2, -0.15) is 4.31 Å². The number of benzene rings is 1. The molecule has 0 radical (unpaired) electrons. The zero-order valence-electron chi connectivity index (χ0n) is 20.2. The summed E-state index contributed by atoms with van der Waals surface area (Å²) >= 11 is 0. The number of carbonyl (C=O) groups is 1. The van der Waals surface area contributed by atoms with Crippen molar-refractivity contribution in [2.75, 3.05) is 23.7 Å². The first kappa shape index (κ1) is 26.8. The lowest BCUT2D eigenvalue weighted by atomic mass is 9.87. The van der Waals surface area contributed by atoms with Crippen LogP contribution in [0.1, 0.15) is 39.5 Å². The van der Waals surface area contributed by atoms with Gasteiger partial charge in [0.15, 0.2) is 0 Å². The van der Waals surface area contributed by atoms with E-state index in [0.717, 1.165) is 24.2 Å². The van der Waals surface area contributed by atoms with Gasteiger partial charge in [0.1, 0.15) is 6.26 Å². The van der Waals surface area contributed by atoms with Crippen molar-refractivity contribution in [2.45, 2.75) is 56.6 Å². The number of nitrogen functional groups attached to an aromatic ring is 1. The van der Waals surface area contributed by atoms with Crippen molar-refractivity contribution in [3.8, 4) is 0 Å². The molecule has 1 heterocycles. The minimum atomic E-state index is -3.95. The van der Waals surface area contributed by atoms with Crippen molar-refractivity contribution in [3.63, 3.8) is 0 Å². The maximum Gasteiger partial charge on any atom is 0.412 e. The number of aliphatic hydroxyl groups excluding tert-OH is 1. The summed E-state index contributed by atoms with van der Waals surface area (Å²) in [6, 6.07) is 6.53. The van der Waals surface area contributed by atoms with E-state index in [1.165, 1.54) is 47.2 Å². The van der Waals surface area contributed by atoms with Gasteiger partial charge in [-0.15, -0.1) is 0 Å². The molecular formula is C25H35N3O6S. The zero-order chi connectivity index (χ0) is 25.6. The van der Waals surface area contributed by atoms with Gasteiger partial charge in [-0.25, -0.2) is 13.2 Å². The fourth-order valence-electron chi connectivity index (χ4n) is 4.46. The van der Waals surface area contributed by atoms with Crippen LogP contribution in [-0.2, 0) is 10.0 Å². The van der Waals surface area contributed by atoms with Crippen LogP contribution in [0.15, 0.2) is 64.3 Å². The third-order valence-corrected chi connectivity index (χ3v) is 7.99. The standard InChI is InChI=1S/C25H35N3O6S/c1-18(2)15-27(35(32,33)22-10-8-20(26)9-11-22)16-24(29)23(14-19-6-4-3-5-7-19)28(25(30)31)21-12-13-34-17-21/h4,6,8-13,17-19,23-24,29H,3,5,7,14-16,26H2,1-2H3,(H,30,31). The Labute approximate surface area is 206 Å². The second kappa shape index (κ2) is 11.7. The highest BCUT2D eigenvalue weighted by Gasteiger charge is 2.37. The first-order chi connectivity index (χ1) is 16.6. The highest BCUT2D eigenvalue weighted by Crippen LogP contribution is 2.30. The van der Waals surface area contributed by atoms with Crippen LogP contribution >= 0.6 is 0 Å². The van der Waals surface area contributed by atoms with Crippen LogP contribution in [0.5, 0.6) is 0 Å². The van der Waals surface area contributed by atoms with E-state index in [-0.39, 0.29) is 35.5 Å². The smallest absolute Gasteiger partial charge is 0.412 e. The van der Waals surface area contributed by atoms with Crippen molar-refractivity contribution in [2.24, 2.45) is 11.8 Å². The van der Waals surface area contributed by atoms with Gasteiger partial charge in [-0.1, -0.05) is 26.0 Å². The van der Waals surface area contributed by atoms with Gasteiger partial charge in [0.25, 0.3) is 0 Å². The summed E-state index contributed by atoms with van der Waals surface area (Å²) in [7, 11) is -3.95. The van der Waals surface area contributed by atoms with E-state index in [2.05, 4.69) is 12.2 Å². The quantitative estimate of drug-likeness (QED) is 0.308. The third-order valence-electron chi connectivity index (χ3n) is 6.14. The predicted molar refractivity (Wildman–Crippen MR) is 135 cm³/mol. The lowest BCUT2D eigenvalue weighted by molar-refractivity contribution is 0.101. The van der Waals surface area contributed by atoms with E-state index in [4.69, 9.17) is 10.2 Å². The Hall–Kier alpha value is -2.82. The second-order valence-corrected chi connectivity index (χ2v) is 11.3. The molecule has 4 N–H and O–H groups in total. The highest BCUT2D eigenvalue weighted by molar-refractivity contribution is 7.89. The van der Waals surface area contributed by atoms with E-state index in [1.54, 1.807) is 0 Å². The van der Waals surface area contributed by atoms with Crippen molar-refractivity contribution >= 4 is 27.5 Å². The normalized spacial score (nSPS) is 18.0.